The standard InChI is InChI=1S/C23H25ClN2O5/c1-28-18-5-3-17(4-6-18)20(26-8-10-29-11-9-26)14-25-22(27)7-2-16-12-19(24)23-21(13-16)30-15-31-23/h2-7,12-13,20H,8-11,14-15H2,1H3,(H,25,27)/b7-2+. The summed E-state index contributed by atoms with van der Waals surface area (Å²) in [6.45, 7) is 3.64. The van der Waals surface area contributed by atoms with Gasteiger partial charge in [0.05, 0.1) is 31.4 Å². The number of hydrogen-bond donors (Lipinski definition) is 1. The largest absolute Gasteiger partial charge is 0.497 e. The topological polar surface area (TPSA) is 69.3 Å². The molecule has 0 radical (unpaired) electrons. The maximum atomic E-state index is 12.5. The fraction of sp³-hybridized carbons (Fsp3) is 0.348. The van der Waals surface area contributed by atoms with Gasteiger partial charge in [-0.3, -0.25) is 9.69 Å². The third-order valence-corrected chi connectivity index (χ3v) is 5.61. The van der Waals surface area contributed by atoms with Crippen LogP contribution in [0.3, 0.4) is 0 Å². The minimum absolute atomic E-state index is 0.0483. The summed E-state index contributed by atoms with van der Waals surface area (Å²) in [4.78, 5) is 14.8. The lowest BCUT2D eigenvalue weighted by molar-refractivity contribution is -0.116. The SMILES string of the molecule is COc1ccc(C(CNC(=O)/C=C/c2cc(Cl)c3c(c2)OCO3)N2CCOCC2)cc1. The molecule has 0 saturated carbocycles. The van der Waals surface area contributed by atoms with Crippen LogP contribution in [0.2, 0.25) is 5.02 Å². The first-order valence-corrected chi connectivity index (χ1v) is 10.5. The summed E-state index contributed by atoms with van der Waals surface area (Å²) in [5.41, 5.74) is 1.89. The van der Waals surface area contributed by atoms with E-state index in [1.54, 1.807) is 25.3 Å². The van der Waals surface area contributed by atoms with Gasteiger partial charge in [0.25, 0.3) is 0 Å². The van der Waals surface area contributed by atoms with Crippen LogP contribution in [-0.4, -0.2) is 57.6 Å². The molecule has 31 heavy (non-hydrogen) atoms. The van der Waals surface area contributed by atoms with Crippen molar-refractivity contribution in [3.63, 3.8) is 0 Å². The zero-order chi connectivity index (χ0) is 21.6. The molecule has 2 aromatic rings. The van der Waals surface area contributed by atoms with Crippen molar-refractivity contribution in [2.75, 3.05) is 46.8 Å². The average molecular weight is 445 g/mol. The van der Waals surface area contributed by atoms with Crippen LogP contribution in [-0.2, 0) is 9.53 Å². The fourth-order valence-corrected chi connectivity index (χ4v) is 3.96. The highest BCUT2D eigenvalue weighted by molar-refractivity contribution is 6.32. The Labute approximate surface area is 186 Å². The van der Waals surface area contributed by atoms with Crippen molar-refractivity contribution in [1.29, 1.82) is 0 Å². The molecule has 0 aromatic heterocycles. The van der Waals surface area contributed by atoms with E-state index in [0.29, 0.717) is 36.3 Å². The number of amides is 1. The first-order valence-electron chi connectivity index (χ1n) is 10.1. The molecule has 1 fully saturated rings. The summed E-state index contributed by atoms with van der Waals surface area (Å²) in [6.07, 6.45) is 3.21. The molecule has 0 spiro atoms. The molecule has 1 N–H and O–H groups in total. The second-order valence-electron chi connectivity index (χ2n) is 7.25. The Bertz CT molecular complexity index is 942. The van der Waals surface area contributed by atoms with E-state index >= 15 is 0 Å². The summed E-state index contributed by atoms with van der Waals surface area (Å²) in [5.74, 6) is 1.75. The normalized spacial score (nSPS) is 17.0. The Morgan fingerprint density at radius 3 is 2.74 bits per heavy atom. The number of carbonyl (C=O) groups excluding carboxylic acids is 1. The van der Waals surface area contributed by atoms with E-state index in [2.05, 4.69) is 10.2 Å². The van der Waals surface area contributed by atoms with Gasteiger partial charge < -0.3 is 24.3 Å². The van der Waals surface area contributed by atoms with E-state index in [9.17, 15) is 4.79 Å². The lowest BCUT2D eigenvalue weighted by Gasteiger charge is -2.34. The Morgan fingerprint density at radius 1 is 1.23 bits per heavy atom. The summed E-state index contributed by atoms with van der Waals surface area (Å²) in [5, 5.41) is 3.48. The molecular weight excluding hydrogens is 420 g/mol. The molecule has 0 bridgehead atoms. The Balaban J connectivity index is 1.41. The van der Waals surface area contributed by atoms with Crippen LogP contribution in [0.5, 0.6) is 17.2 Å². The fourth-order valence-electron chi connectivity index (χ4n) is 3.68. The van der Waals surface area contributed by atoms with Crippen LogP contribution in [0.1, 0.15) is 17.2 Å². The summed E-state index contributed by atoms with van der Waals surface area (Å²) in [6, 6.07) is 11.5. The monoisotopic (exact) mass is 444 g/mol. The minimum atomic E-state index is -0.180. The van der Waals surface area contributed by atoms with E-state index in [-0.39, 0.29) is 18.7 Å². The van der Waals surface area contributed by atoms with Gasteiger partial charge in [-0.2, -0.15) is 0 Å². The molecule has 2 aliphatic heterocycles. The maximum Gasteiger partial charge on any atom is 0.244 e. The number of nitrogens with one attached hydrogen (secondary N) is 1. The van der Waals surface area contributed by atoms with E-state index in [4.69, 9.17) is 30.5 Å². The van der Waals surface area contributed by atoms with Crippen LogP contribution < -0.4 is 19.5 Å². The van der Waals surface area contributed by atoms with E-state index < -0.39 is 0 Å². The van der Waals surface area contributed by atoms with Gasteiger partial charge >= 0.3 is 0 Å². The smallest absolute Gasteiger partial charge is 0.244 e. The molecule has 2 heterocycles. The van der Waals surface area contributed by atoms with Crippen molar-refractivity contribution in [2.45, 2.75) is 6.04 Å². The molecule has 8 heteroatoms. The highest BCUT2D eigenvalue weighted by Gasteiger charge is 2.23. The van der Waals surface area contributed by atoms with Crippen LogP contribution in [0.4, 0.5) is 0 Å². The van der Waals surface area contributed by atoms with Gasteiger partial charge in [-0.1, -0.05) is 23.7 Å². The highest BCUT2D eigenvalue weighted by Crippen LogP contribution is 2.40. The predicted octanol–water partition coefficient (Wildman–Crippen LogP) is 3.28. The number of hydrogen-bond acceptors (Lipinski definition) is 6. The molecule has 2 aromatic carbocycles. The molecule has 164 valence electrons. The van der Waals surface area contributed by atoms with Gasteiger partial charge in [0.2, 0.25) is 12.7 Å². The second kappa shape index (κ2) is 10.0. The summed E-state index contributed by atoms with van der Waals surface area (Å²) < 4.78 is 21.4. The molecular formula is C23H25ClN2O5. The van der Waals surface area contributed by atoms with Crippen LogP contribution >= 0.6 is 11.6 Å². The number of halogens is 1. The lowest BCUT2D eigenvalue weighted by atomic mass is 10.0. The van der Waals surface area contributed by atoms with Gasteiger partial charge in [0.15, 0.2) is 11.5 Å². The van der Waals surface area contributed by atoms with E-state index in [0.717, 1.165) is 30.0 Å². The van der Waals surface area contributed by atoms with Gasteiger partial charge in [0, 0.05) is 25.7 Å². The van der Waals surface area contributed by atoms with Gasteiger partial charge in [-0.05, 0) is 41.5 Å². The maximum absolute atomic E-state index is 12.5. The zero-order valence-corrected chi connectivity index (χ0v) is 18.1. The predicted molar refractivity (Wildman–Crippen MR) is 118 cm³/mol. The number of carbonyl (C=O) groups is 1. The summed E-state index contributed by atoms with van der Waals surface area (Å²) in [7, 11) is 1.65. The van der Waals surface area contributed by atoms with Gasteiger partial charge in [-0.25, -0.2) is 0 Å². The van der Waals surface area contributed by atoms with Crippen LogP contribution in [0.15, 0.2) is 42.5 Å². The molecule has 0 aliphatic carbocycles. The number of ether oxygens (including phenoxy) is 4. The first kappa shape index (κ1) is 21.5. The molecule has 1 saturated heterocycles. The van der Waals surface area contributed by atoms with Crippen molar-refractivity contribution in [2.24, 2.45) is 0 Å². The molecule has 1 unspecified atom stereocenters. The third-order valence-electron chi connectivity index (χ3n) is 5.33. The summed E-state index contributed by atoms with van der Waals surface area (Å²) >= 11 is 6.20. The van der Waals surface area contributed by atoms with Crippen molar-refractivity contribution in [3.8, 4) is 17.2 Å². The van der Waals surface area contributed by atoms with Gasteiger partial charge in [0.1, 0.15) is 5.75 Å². The Morgan fingerprint density at radius 2 is 2.00 bits per heavy atom. The number of fused-ring (bicyclic) bond motifs is 1. The number of nitrogens with zero attached hydrogens (tertiary/aromatic N) is 1. The van der Waals surface area contributed by atoms with Crippen molar-refractivity contribution in [1.82, 2.24) is 10.2 Å². The Kier molecular flexibility index (Phi) is 6.96. The van der Waals surface area contributed by atoms with Crippen molar-refractivity contribution >= 4 is 23.6 Å². The van der Waals surface area contributed by atoms with Crippen LogP contribution in [0.25, 0.3) is 6.08 Å². The van der Waals surface area contributed by atoms with Crippen molar-refractivity contribution in [3.05, 3.63) is 58.6 Å². The number of methoxy groups -OCH3 is 1. The quantitative estimate of drug-likeness (QED) is 0.661. The average Bonchev–Trinajstić information content (AvgIpc) is 3.28. The second-order valence-corrected chi connectivity index (χ2v) is 7.66. The Hall–Kier alpha value is -2.74. The molecule has 1 atom stereocenters. The van der Waals surface area contributed by atoms with Crippen molar-refractivity contribution < 1.29 is 23.7 Å². The number of rotatable bonds is 7. The van der Waals surface area contributed by atoms with Crippen LogP contribution in [0, 0.1) is 0 Å². The first-order chi connectivity index (χ1) is 15.1. The molecule has 2 aliphatic rings. The van der Waals surface area contributed by atoms with Gasteiger partial charge in [-0.15, -0.1) is 0 Å². The third kappa shape index (κ3) is 5.31. The van der Waals surface area contributed by atoms with E-state index in [1.807, 2.05) is 24.3 Å². The molecule has 7 nitrogen and oxygen atoms in total. The molecule has 4 rings (SSSR count). The lowest BCUT2D eigenvalue weighted by Crippen LogP contribution is -2.43. The number of benzene rings is 2. The van der Waals surface area contributed by atoms with E-state index in [1.165, 1.54) is 6.08 Å². The highest BCUT2D eigenvalue weighted by atomic mass is 35.5. The zero-order valence-electron chi connectivity index (χ0n) is 17.3. The minimum Gasteiger partial charge on any atom is -0.497 e. The number of morpholine rings is 1. The molecule has 1 amide bonds.